The summed E-state index contributed by atoms with van der Waals surface area (Å²) in [5.74, 6) is -0.942. The van der Waals surface area contributed by atoms with Gasteiger partial charge in [-0.05, 0) is 12.1 Å². The first-order chi connectivity index (χ1) is 6.77. The summed E-state index contributed by atoms with van der Waals surface area (Å²) in [6.45, 7) is 0. The van der Waals surface area contributed by atoms with Crippen molar-refractivity contribution in [3.8, 4) is 0 Å². The third-order valence-corrected chi connectivity index (χ3v) is 1.89. The number of rotatable bonds is 2. The second-order valence-electron chi connectivity index (χ2n) is 2.80. The maximum absolute atomic E-state index is 10.6. The summed E-state index contributed by atoms with van der Waals surface area (Å²) in [6.07, 6.45) is 2.91. The molecule has 4 nitrogen and oxygen atoms in total. The van der Waals surface area contributed by atoms with Gasteiger partial charge in [-0.15, -0.1) is 0 Å². The molecule has 1 aliphatic rings. The smallest absolute Gasteiger partial charge is 0.525 e. The van der Waals surface area contributed by atoms with Crippen LogP contribution < -0.4 is 5.46 Å². The molecule has 0 unspecified atom stereocenters. The van der Waals surface area contributed by atoms with Gasteiger partial charge in [-0.1, -0.05) is 12.1 Å². The highest BCUT2D eigenvalue weighted by molar-refractivity contribution is 6.62. The summed E-state index contributed by atoms with van der Waals surface area (Å²) in [6, 6.07) is 6.37. The molecule has 1 heterocycles. The number of benzene rings is 1. The van der Waals surface area contributed by atoms with E-state index < -0.39 is 13.1 Å². The molecule has 0 radical (unpaired) electrons. The first-order valence-electron chi connectivity index (χ1n) is 4.06. The van der Waals surface area contributed by atoms with Crippen molar-refractivity contribution >= 4 is 18.6 Å². The van der Waals surface area contributed by atoms with Crippen LogP contribution in [-0.4, -0.2) is 18.2 Å². The van der Waals surface area contributed by atoms with Gasteiger partial charge in [0.1, 0.15) is 0 Å². The molecule has 1 N–H and O–H groups in total. The SMILES string of the molecule is O=C(O)c1ccc(B2OC=CO2)cc1. The van der Waals surface area contributed by atoms with Gasteiger partial charge in [0.2, 0.25) is 0 Å². The molecule has 1 aliphatic heterocycles. The number of hydrogen-bond acceptors (Lipinski definition) is 3. The lowest BCUT2D eigenvalue weighted by atomic mass is 9.79. The van der Waals surface area contributed by atoms with E-state index in [4.69, 9.17) is 14.4 Å². The number of aromatic carboxylic acids is 1. The lowest BCUT2D eigenvalue weighted by Crippen LogP contribution is -2.31. The number of carbonyl (C=O) groups is 1. The molecule has 2 rings (SSSR count). The van der Waals surface area contributed by atoms with Crippen LogP contribution in [-0.2, 0) is 9.31 Å². The third-order valence-electron chi connectivity index (χ3n) is 1.89. The highest BCUT2D eigenvalue weighted by atomic mass is 16.6. The zero-order chi connectivity index (χ0) is 9.97. The van der Waals surface area contributed by atoms with E-state index in [1.165, 1.54) is 24.7 Å². The zero-order valence-corrected chi connectivity index (χ0v) is 7.21. The molecule has 5 heteroatoms. The molecule has 0 amide bonds. The van der Waals surface area contributed by atoms with Crippen LogP contribution in [0.15, 0.2) is 36.8 Å². The molecule has 0 fully saturated rings. The van der Waals surface area contributed by atoms with E-state index >= 15 is 0 Å². The second-order valence-corrected chi connectivity index (χ2v) is 2.80. The van der Waals surface area contributed by atoms with Crippen LogP contribution in [0.5, 0.6) is 0 Å². The zero-order valence-electron chi connectivity index (χ0n) is 7.21. The van der Waals surface area contributed by atoms with Gasteiger partial charge in [0.25, 0.3) is 0 Å². The van der Waals surface area contributed by atoms with Crippen LogP contribution in [0.1, 0.15) is 10.4 Å². The van der Waals surface area contributed by atoms with Crippen molar-refractivity contribution in [2.45, 2.75) is 0 Å². The van der Waals surface area contributed by atoms with Gasteiger partial charge in [0.05, 0.1) is 18.1 Å². The first kappa shape index (κ1) is 8.68. The fraction of sp³-hybridized carbons (Fsp3) is 0. The van der Waals surface area contributed by atoms with Gasteiger partial charge >= 0.3 is 13.1 Å². The van der Waals surface area contributed by atoms with Crippen molar-refractivity contribution in [1.29, 1.82) is 0 Å². The first-order valence-corrected chi connectivity index (χ1v) is 4.06. The van der Waals surface area contributed by atoms with Crippen LogP contribution in [0.4, 0.5) is 0 Å². The minimum absolute atomic E-state index is 0.250. The maximum Gasteiger partial charge on any atom is 0.631 e. The van der Waals surface area contributed by atoms with Crippen molar-refractivity contribution < 1.29 is 19.2 Å². The lowest BCUT2D eigenvalue weighted by Gasteiger charge is -2.04. The molecular weight excluding hydrogens is 183 g/mol. The molecule has 1 aromatic rings. The standard InChI is InChI=1S/C9H7BO4/c11-9(12)7-1-3-8(4-2-7)10-13-5-6-14-10/h1-6H,(H,11,12). The summed E-state index contributed by atoms with van der Waals surface area (Å²) in [5.41, 5.74) is 1.04. The van der Waals surface area contributed by atoms with Crippen molar-refractivity contribution in [1.82, 2.24) is 0 Å². The van der Waals surface area contributed by atoms with Crippen LogP contribution in [0.3, 0.4) is 0 Å². The molecule has 0 saturated carbocycles. The largest absolute Gasteiger partial charge is 0.631 e. The van der Waals surface area contributed by atoms with E-state index in [1.54, 1.807) is 12.1 Å². The molecule has 0 aliphatic carbocycles. The Hall–Kier alpha value is -1.91. The molecule has 1 aromatic carbocycles. The van der Waals surface area contributed by atoms with Gasteiger partial charge in [0.15, 0.2) is 0 Å². The summed E-state index contributed by atoms with van der Waals surface area (Å²) < 4.78 is 10.2. The quantitative estimate of drug-likeness (QED) is 0.693. The minimum atomic E-state index is -0.942. The molecule has 0 atom stereocenters. The van der Waals surface area contributed by atoms with E-state index in [0.717, 1.165) is 5.46 Å². The second kappa shape index (κ2) is 3.45. The number of carboxylic acids is 1. The van der Waals surface area contributed by atoms with E-state index in [0.29, 0.717) is 0 Å². The predicted molar refractivity (Wildman–Crippen MR) is 50.1 cm³/mol. The third kappa shape index (κ3) is 1.57. The van der Waals surface area contributed by atoms with E-state index in [9.17, 15) is 4.79 Å². The number of hydrogen-bond donors (Lipinski definition) is 1. The molecule has 0 aromatic heterocycles. The Labute approximate surface area is 80.9 Å². The molecule has 0 bridgehead atoms. The monoisotopic (exact) mass is 190 g/mol. The van der Waals surface area contributed by atoms with Crippen LogP contribution in [0.2, 0.25) is 0 Å². The maximum atomic E-state index is 10.6. The normalized spacial score (nSPS) is 13.6. The highest BCUT2D eigenvalue weighted by Gasteiger charge is 2.26. The minimum Gasteiger partial charge on any atom is -0.525 e. The Morgan fingerprint density at radius 1 is 1.14 bits per heavy atom. The topological polar surface area (TPSA) is 55.8 Å². The molecule has 14 heavy (non-hydrogen) atoms. The summed E-state index contributed by atoms with van der Waals surface area (Å²) in [4.78, 5) is 10.6. The van der Waals surface area contributed by atoms with Crippen molar-refractivity contribution in [3.63, 3.8) is 0 Å². The van der Waals surface area contributed by atoms with Gasteiger partial charge in [0, 0.05) is 5.46 Å². The summed E-state index contributed by atoms with van der Waals surface area (Å²) >= 11 is 0. The van der Waals surface area contributed by atoms with E-state index in [1.807, 2.05) is 0 Å². The summed E-state index contributed by atoms with van der Waals surface area (Å²) in [7, 11) is -0.446. The van der Waals surface area contributed by atoms with Crippen LogP contribution >= 0.6 is 0 Å². The lowest BCUT2D eigenvalue weighted by molar-refractivity contribution is 0.0697. The average Bonchev–Trinajstić information content (AvgIpc) is 2.71. The van der Waals surface area contributed by atoms with Crippen molar-refractivity contribution in [2.24, 2.45) is 0 Å². The fourth-order valence-electron chi connectivity index (χ4n) is 1.18. The van der Waals surface area contributed by atoms with Crippen molar-refractivity contribution in [2.75, 3.05) is 0 Å². The van der Waals surface area contributed by atoms with Gasteiger partial charge in [-0.3, -0.25) is 0 Å². The molecule has 0 spiro atoms. The Bertz CT molecular complexity index is 363. The highest BCUT2D eigenvalue weighted by Crippen LogP contribution is 2.03. The van der Waals surface area contributed by atoms with Crippen LogP contribution in [0, 0.1) is 0 Å². The Morgan fingerprint density at radius 2 is 1.71 bits per heavy atom. The summed E-state index contributed by atoms with van der Waals surface area (Å²) in [5, 5.41) is 8.67. The van der Waals surface area contributed by atoms with E-state index in [-0.39, 0.29) is 5.56 Å². The molecular formula is C9H7BO4. The number of carboxylic acid groups (broad SMARTS) is 1. The van der Waals surface area contributed by atoms with E-state index in [2.05, 4.69) is 0 Å². The van der Waals surface area contributed by atoms with Crippen LogP contribution in [0.25, 0.3) is 0 Å². The van der Waals surface area contributed by atoms with Gasteiger partial charge in [-0.2, -0.15) is 0 Å². The van der Waals surface area contributed by atoms with Crippen molar-refractivity contribution in [3.05, 3.63) is 42.4 Å². The predicted octanol–water partition coefficient (Wildman–Crippen LogP) is 0.598. The Kier molecular flexibility index (Phi) is 2.14. The Balaban J connectivity index is 2.17. The van der Waals surface area contributed by atoms with Gasteiger partial charge in [-0.25, -0.2) is 4.79 Å². The average molecular weight is 190 g/mol. The molecule has 0 saturated heterocycles. The molecule has 70 valence electrons. The Morgan fingerprint density at radius 3 is 2.21 bits per heavy atom. The fourth-order valence-corrected chi connectivity index (χ4v) is 1.18. The van der Waals surface area contributed by atoms with Gasteiger partial charge < -0.3 is 14.4 Å².